The van der Waals surface area contributed by atoms with Crippen LogP contribution in [0.2, 0.25) is 0 Å². The second-order valence-electron chi connectivity index (χ2n) is 4.52. The predicted octanol–water partition coefficient (Wildman–Crippen LogP) is 2.88. The van der Waals surface area contributed by atoms with Crippen LogP contribution in [-0.4, -0.2) is 11.6 Å². The van der Waals surface area contributed by atoms with E-state index in [4.69, 9.17) is 0 Å². The number of hydrogen-bond donors (Lipinski definition) is 1. The summed E-state index contributed by atoms with van der Waals surface area (Å²) in [5.74, 6) is 0. The summed E-state index contributed by atoms with van der Waals surface area (Å²) in [6.07, 6.45) is 0. The van der Waals surface area contributed by atoms with Crippen LogP contribution in [0.3, 0.4) is 0 Å². The van der Waals surface area contributed by atoms with E-state index >= 15 is 0 Å². The number of nitrogens with one attached hydrogen (secondary N) is 1. The quantitative estimate of drug-likeness (QED) is 0.919. The van der Waals surface area contributed by atoms with Crippen LogP contribution in [0.25, 0.3) is 10.6 Å². The maximum absolute atomic E-state index is 12.4. The molecule has 0 radical (unpaired) electrons. The molecule has 3 nitrogen and oxygen atoms in total. The minimum Gasteiger partial charge on any atom is -0.315 e. The highest BCUT2D eigenvalue weighted by Crippen LogP contribution is 2.25. The maximum atomic E-state index is 12.4. The van der Waals surface area contributed by atoms with Crippen molar-refractivity contribution in [3.8, 4) is 10.6 Å². The first-order valence-electron chi connectivity index (χ1n) is 6.08. The van der Waals surface area contributed by atoms with Gasteiger partial charge in [-0.2, -0.15) is 0 Å². The molecular weight excluding hydrogens is 244 g/mol. The predicted molar refractivity (Wildman–Crippen MR) is 77.2 cm³/mol. The molecule has 2 heterocycles. The van der Waals surface area contributed by atoms with Crippen molar-refractivity contribution in [2.45, 2.75) is 26.4 Å². The van der Waals surface area contributed by atoms with Gasteiger partial charge in [-0.05, 0) is 38.4 Å². The third-order valence-corrected chi connectivity index (χ3v) is 3.75. The zero-order chi connectivity index (χ0) is 13.1. The average Bonchev–Trinajstić information content (AvgIpc) is 2.84. The molecule has 0 aromatic carbocycles. The van der Waals surface area contributed by atoms with E-state index in [0.717, 1.165) is 16.1 Å². The van der Waals surface area contributed by atoms with Crippen LogP contribution in [-0.2, 0) is 6.54 Å². The summed E-state index contributed by atoms with van der Waals surface area (Å²) < 4.78 is 1.87. The average molecular weight is 262 g/mol. The number of nitrogens with zero attached hydrogens (tertiary/aromatic N) is 1. The summed E-state index contributed by atoms with van der Waals surface area (Å²) in [5.41, 5.74) is 1.92. The zero-order valence-corrected chi connectivity index (χ0v) is 11.8. The van der Waals surface area contributed by atoms with E-state index < -0.39 is 0 Å². The van der Waals surface area contributed by atoms with Gasteiger partial charge in [-0.1, -0.05) is 12.1 Å². The van der Waals surface area contributed by atoms with Gasteiger partial charge in [0.2, 0.25) is 0 Å². The van der Waals surface area contributed by atoms with Crippen molar-refractivity contribution in [2.24, 2.45) is 0 Å². The largest absolute Gasteiger partial charge is 0.315 e. The van der Waals surface area contributed by atoms with Crippen LogP contribution < -0.4 is 10.9 Å². The molecule has 0 unspecified atom stereocenters. The highest BCUT2D eigenvalue weighted by atomic mass is 32.1. The van der Waals surface area contributed by atoms with Crippen molar-refractivity contribution in [1.82, 2.24) is 9.88 Å². The Morgan fingerprint density at radius 3 is 2.67 bits per heavy atom. The van der Waals surface area contributed by atoms with Gasteiger partial charge < -0.3 is 9.88 Å². The van der Waals surface area contributed by atoms with Gasteiger partial charge in [0, 0.05) is 18.2 Å². The first-order valence-corrected chi connectivity index (χ1v) is 6.96. The van der Waals surface area contributed by atoms with Crippen molar-refractivity contribution < 1.29 is 0 Å². The van der Waals surface area contributed by atoms with Crippen molar-refractivity contribution in [3.63, 3.8) is 0 Å². The van der Waals surface area contributed by atoms with Crippen molar-refractivity contribution in [3.05, 3.63) is 45.6 Å². The van der Waals surface area contributed by atoms with Crippen molar-refractivity contribution in [2.75, 3.05) is 7.05 Å². The van der Waals surface area contributed by atoms with Crippen LogP contribution in [0.15, 0.2) is 34.4 Å². The zero-order valence-electron chi connectivity index (χ0n) is 10.9. The molecule has 0 saturated carbocycles. The molecule has 0 saturated heterocycles. The van der Waals surface area contributed by atoms with E-state index in [-0.39, 0.29) is 11.6 Å². The molecule has 18 heavy (non-hydrogen) atoms. The molecule has 0 fully saturated rings. The van der Waals surface area contributed by atoms with Gasteiger partial charge in [-0.15, -0.1) is 11.3 Å². The third kappa shape index (κ3) is 2.40. The first kappa shape index (κ1) is 13.1. The minimum atomic E-state index is 0.102. The van der Waals surface area contributed by atoms with Crippen LogP contribution in [0, 0.1) is 0 Å². The van der Waals surface area contributed by atoms with Gasteiger partial charge in [-0.25, -0.2) is 0 Å². The monoisotopic (exact) mass is 262 g/mol. The Hall–Kier alpha value is -1.39. The molecule has 0 amide bonds. The lowest BCUT2D eigenvalue weighted by atomic mass is 10.2. The molecule has 4 heteroatoms. The molecule has 1 N–H and O–H groups in total. The SMILES string of the molecule is CNCc1ccc(-c2cccs2)n(C(C)C)c1=O. The molecule has 2 aromatic rings. The molecule has 0 bridgehead atoms. The molecule has 0 atom stereocenters. The lowest BCUT2D eigenvalue weighted by molar-refractivity contribution is 0.577. The Kier molecular flexibility index (Phi) is 3.99. The van der Waals surface area contributed by atoms with E-state index in [1.165, 1.54) is 0 Å². The molecule has 2 aromatic heterocycles. The summed E-state index contributed by atoms with van der Waals surface area (Å²) in [6, 6.07) is 8.19. The molecule has 0 aliphatic carbocycles. The molecule has 2 rings (SSSR count). The van der Waals surface area contributed by atoms with Crippen molar-refractivity contribution in [1.29, 1.82) is 0 Å². The van der Waals surface area contributed by atoms with E-state index in [0.29, 0.717) is 6.54 Å². The topological polar surface area (TPSA) is 34.0 Å². The third-order valence-electron chi connectivity index (χ3n) is 2.85. The highest BCUT2D eigenvalue weighted by molar-refractivity contribution is 7.13. The number of pyridine rings is 1. The Bertz CT molecular complexity index is 570. The molecule has 0 spiro atoms. The van der Waals surface area contributed by atoms with Gasteiger partial charge in [0.15, 0.2) is 0 Å². The summed E-state index contributed by atoms with van der Waals surface area (Å²) >= 11 is 1.66. The first-order chi connectivity index (χ1) is 8.65. The van der Waals surface area contributed by atoms with Gasteiger partial charge in [0.1, 0.15) is 0 Å². The van der Waals surface area contributed by atoms with Crippen LogP contribution >= 0.6 is 11.3 Å². The molecule has 0 aliphatic rings. The number of aromatic nitrogens is 1. The Balaban J connectivity index is 2.62. The number of hydrogen-bond acceptors (Lipinski definition) is 3. The molecule has 0 aliphatic heterocycles. The van der Waals surface area contributed by atoms with Crippen molar-refractivity contribution >= 4 is 11.3 Å². The summed E-state index contributed by atoms with van der Waals surface area (Å²) in [5, 5.41) is 5.07. The second kappa shape index (κ2) is 5.50. The lowest BCUT2D eigenvalue weighted by Gasteiger charge is -2.17. The summed E-state index contributed by atoms with van der Waals surface area (Å²) in [4.78, 5) is 13.6. The fourth-order valence-corrected chi connectivity index (χ4v) is 2.81. The van der Waals surface area contributed by atoms with Crippen LogP contribution in [0.1, 0.15) is 25.5 Å². The molecular formula is C14H18N2OS. The van der Waals surface area contributed by atoms with E-state index in [9.17, 15) is 4.79 Å². The van der Waals surface area contributed by atoms with E-state index in [2.05, 4.69) is 11.4 Å². The van der Waals surface area contributed by atoms with Crippen LogP contribution in [0.4, 0.5) is 0 Å². The Morgan fingerprint density at radius 2 is 2.11 bits per heavy atom. The highest BCUT2D eigenvalue weighted by Gasteiger charge is 2.13. The van der Waals surface area contributed by atoms with Gasteiger partial charge in [0.25, 0.3) is 5.56 Å². The summed E-state index contributed by atoms with van der Waals surface area (Å²) in [6.45, 7) is 4.69. The number of thiophene rings is 1. The van der Waals surface area contributed by atoms with E-state index in [1.807, 2.05) is 49.0 Å². The minimum absolute atomic E-state index is 0.102. The summed E-state index contributed by atoms with van der Waals surface area (Å²) in [7, 11) is 1.85. The van der Waals surface area contributed by atoms with Gasteiger partial charge in [-0.3, -0.25) is 4.79 Å². The Labute approximate surface area is 111 Å². The number of rotatable bonds is 4. The van der Waals surface area contributed by atoms with Gasteiger partial charge in [0.05, 0.1) is 10.6 Å². The standard InChI is InChI=1S/C14H18N2OS/c1-10(2)16-12(13-5-4-8-18-13)7-6-11(9-15-3)14(16)17/h4-8,10,15H,9H2,1-3H3. The second-order valence-corrected chi connectivity index (χ2v) is 5.47. The smallest absolute Gasteiger partial charge is 0.255 e. The fourth-order valence-electron chi connectivity index (χ4n) is 2.06. The fraction of sp³-hybridized carbons (Fsp3) is 0.357. The molecule has 96 valence electrons. The van der Waals surface area contributed by atoms with Gasteiger partial charge >= 0.3 is 0 Å². The lowest BCUT2D eigenvalue weighted by Crippen LogP contribution is -2.28. The Morgan fingerprint density at radius 1 is 1.33 bits per heavy atom. The maximum Gasteiger partial charge on any atom is 0.255 e. The van der Waals surface area contributed by atoms with E-state index in [1.54, 1.807) is 11.3 Å². The normalized spacial score (nSPS) is 11.1. The van der Waals surface area contributed by atoms with Crippen LogP contribution in [0.5, 0.6) is 0 Å².